The van der Waals surface area contributed by atoms with Gasteiger partial charge in [-0.2, -0.15) is 14.0 Å². The first kappa shape index (κ1) is 26.3. The number of halogens is 1. The van der Waals surface area contributed by atoms with Gasteiger partial charge in [-0.05, 0) is 25.5 Å². The highest BCUT2D eigenvalue weighted by Gasteiger charge is 2.51. The summed E-state index contributed by atoms with van der Waals surface area (Å²) in [4.78, 5) is 36.1. The molecule has 170 valence electrons. The molecule has 0 aromatic heterocycles. The SMILES string of the molecule is CC[N+](CC)(C/C=C/C1=C(C(=O)O)N2C(=O)[C@@H](N)[C@H]2SC1)CC(N)=O.[O-][Cl+3]([O-])([O-])O. The summed E-state index contributed by atoms with van der Waals surface area (Å²) in [5, 5.41) is 9.21. The lowest BCUT2D eigenvalue weighted by Crippen LogP contribution is -2.68. The number of allylic oxidation sites excluding steroid dienone is 1. The Balaban J connectivity index is 0.000000804. The monoisotopic (exact) mass is 469 g/mol. The second-order valence-corrected chi connectivity index (χ2v) is 8.59. The third-order valence-electron chi connectivity index (χ3n) is 4.89. The molecule has 0 spiro atoms. The fourth-order valence-electron chi connectivity index (χ4n) is 3.19. The molecular weight excluding hydrogens is 444 g/mol. The van der Waals surface area contributed by atoms with Crippen LogP contribution < -0.4 is 25.4 Å². The van der Waals surface area contributed by atoms with Crippen LogP contribution in [0.4, 0.5) is 0 Å². The first-order valence-corrected chi connectivity index (χ1v) is 11.2. The third-order valence-corrected chi connectivity index (χ3v) is 6.21. The zero-order valence-electron chi connectivity index (χ0n) is 16.5. The van der Waals surface area contributed by atoms with Gasteiger partial charge in [-0.3, -0.25) is 14.5 Å². The number of carbonyl (C=O) groups excluding carboxylic acids is 2. The van der Waals surface area contributed by atoms with Crippen LogP contribution in [0.3, 0.4) is 0 Å². The van der Waals surface area contributed by atoms with Crippen LogP contribution in [0.25, 0.3) is 0 Å². The molecule has 2 heterocycles. The molecule has 14 heteroatoms. The molecule has 6 N–H and O–H groups in total. The van der Waals surface area contributed by atoms with E-state index in [1.54, 1.807) is 6.08 Å². The molecule has 0 aromatic carbocycles. The largest absolute Gasteiger partial charge is 0.477 e. The molecule has 2 aliphatic rings. The Labute approximate surface area is 179 Å². The van der Waals surface area contributed by atoms with Crippen molar-refractivity contribution >= 4 is 29.5 Å². The molecule has 0 bridgehead atoms. The van der Waals surface area contributed by atoms with Crippen LogP contribution in [0, 0.1) is 10.2 Å². The standard InChI is InChI=1S/C16H24N4O4S.ClHO4/c1-3-20(4-2,8-11(17)21)7-5-6-10-9-25-15-12(18)14(22)19(15)13(10)16(23)24;2-1(3,4)5/h5-6,12,15H,3-4,7-9,18H2,1-2H3,(H2-,17,21,23,24);(H,2,3,4,5)/p+1/b6-5+;/t12-,15-;/m1./s1. The molecule has 30 heavy (non-hydrogen) atoms. The zero-order chi connectivity index (χ0) is 23.3. The minimum atomic E-state index is -4.69. The Morgan fingerprint density at radius 2 is 1.87 bits per heavy atom. The summed E-state index contributed by atoms with van der Waals surface area (Å²) in [6.07, 6.45) is 3.60. The van der Waals surface area contributed by atoms with E-state index in [4.69, 9.17) is 30.1 Å². The average molecular weight is 470 g/mol. The number of aliphatic carboxylic acids is 1. The molecule has 1 saturated heterocycles. The van der Waals surface area contributed by atoms with Gasteiger partial charge in [0.15, 0.2) is 6.54 Å². The van der Waals surface area contributed by atoms with Crippen LogP contribution in [0.5, 0.6) is 0 Å². The van der Waals surface area contributed by atoms with Crippen molar-refractivity contribution in [2.45, 2.75) is 25.3 Å². The predicted molar refractivity (Wildman–Crippen MR) is 97.4 cm³/mol. The number of primary amides is 1. The Morgan fingerprint density at radius 3 is 2.30 bits per heavy atom. The Kier molecular flexibility index (Phi) is 9.25. The summed E-state index contributed by atoms with van der Waals surface area (Å²) in [6.45, 7) is 6.26. The number of amides is 2. The van der Waals surface area contributed by atoms with E-state index in [0.29, 0.717) is 22.4 Å². The van der Waals surface area contributed by atoms with E-state index in [1.807, 2.05) is 19.9 Å². The number of β-lactam (4-membered cyclic amide) rings is 1. The molecule has 0 aromatic rings. The van der Waals surface area contributed by atoms with Crippen molar-refractivity contribution in [2.75, 3.05) is 31.9 Å². The summed E-state index contributed by atoms with van der Waals surface area (Å²) in [6, 6.07) is -0.634. The Hall–Kier alpha value is -1.71. The van der Waals surface area contributed by atoms with Gasteiger partial charge in [0.1, 0.15) is 17.1 Å². The van der Waals surface area contributed by atoms with Gasteiger partial charge in [-0.25, -0.2) is 4.79 Å². The van der Waals surface area contributed by atoms with E-state index in [1.165, 1.54) is 16.7 Å². The van der Waals surface area contributed by atoms with Gasteiger partial charge in [-0.15, -0.1) is 11.8 Å². The second kappa shape index (κ2) is 10.5. The van der Waals surface area contributed by atoms with E-state index in [2.05, 4.69) is 0 Å². The smallest absolute Gasteiger partial charge is 0.352 e. The number of hydrogen-bond donors (Lipinski definition) is 4. The number of hydrogen-bond acceptors (Lipinski definition) is 9. The predicted octanol–water partition coefficient (Wildman–Crippen LogP) is -4.66. The number of nitrogens with two attached hydrogens (primary N) is 2. The highest BCUT2D eigenvalue weighted by Crippen LogP contribution is 2.39. The maximum absolute atomic E-state index is 11.9. The van der Waals surface area contributed by atoms with Crippen molar-refractivity contribution in [2.24, 2.45) is 11.5 Å². The first-order chi connectivity index (χ1) is 13.8. The number of carboxylic acids is 1. The Bertz CT molecular complexity index is 729. The van der Waals surface area contributed by atoms with Gasteiger partial charge in [0, 0.05) is 5.75 Å². The molecule has 1 fully saturated rings. The van der Waals surface area contributed by atoms with Crippen LogP contribution in [-0.2, 0) is 14.4 Å². The van der Waals surface area contributed by atoms with Crippen molar-refractivity contribution in [3.63, 3.8) is 0 Å². The van der Waals surface area contributed by atoms with Gasteiger partial charge in [-0.1, -0.05) is 6.08 Å². The number of carbonyl (C=O) groups is 3. The molecule has 2 rings (SSSR count). The van der Waals surface area contributed by atoms with Gasteiger partial charge < -0.3 is 21.1 Å². The van der Waals surface area contributed by atoms with E-state index in [0.717, 1.165) is 13.1 Å². The van der Waals surface area contributed by atoms with Crippen molar-refractivity contribution in [3.05, 3.63) is 23.4 Å². The van der Waals surface area contributed by atoms with Gasteiger partial charge in [0.25, 0.3) is 5.91 Å². The van der Waals surface area contributed by atoms with Crippen LogP contribution >= 0.6 is 11.8 Å². The number of fused-ring (bicyclic) bond motifs is 1. The van der Waals surface area contributed by atoms with Crippen LogP contribution in [0.15, 0.2) is 23.4 Å². The molecule has 0 radical (unpaired) electrons. The number of rotatable bonds is 8. The molecule has 12 nitrogen and oxygen atoms in total. The van der Waals surface area contributed by atoms with E-state index < -0.39 is 22.3 Å². The molecule has 2 aliphatic heterocycles. The lowest BCUT2D eigenvalue weighted by molar-refractivity contribution is -1.92. The second-order valence-electron chi connectivity index (χ2n) is 6.69. The van der Waals surface area contributed by atoms with Gasteiger partial charge in [0.2, 0.25) is 5.91 Å². The van der Waals surface area contributed by atoms with Crippen LogP contribution in [0.1, 0.15) is 13.8 Å². The summed E-state index contributed by atoms with van der Waals surface area (Å²) < 4.78 is 33.2. The fourth-order valence-corrected chi connectivity index (χ4v) is 4.45. The minimum absolute atomic E-state index is 0.00713. The van der Waals surface area contributed by atoms with Gasteiger partial charge >= 0.3 is 5.97 Å². The summed E-state index contributed by atoms with van der Waals surface area (Å²) in [5.74, 6) is -1.37. The van der Waals surface area contributed by atoms with E-state index in [9.17, 15) is 19.5 Å². The highest BCUT2D eigenvalue weighted by molar-refractivity contribution is 8.00. The lowest BCUT2D eigenvalue weighted by atomic mass is 10.0. The van der Waals surface area contributed by atoms with Crippen molar-refractivity contribution in [3.8, 4) is 0 Å². The fraction of sp³-hybridized carbons (Fsp3) is 0.562. The van der Waals surface area contributed by atoms with Crippen LogP contribution in [0.2, 0.25) is 0 Å². The van der Waals surface area contributed by atoms with E-state index >= 15 is 0 Å². The molecule has 0 unspecified atom stereocenters. The number of carboxylic acid groups (broad SMARTS) is 1. The maximum atomic E-state index is 11.9. The number of quaternary nitrogens is 1. The normalized spacial score (nSPS) is 21.7. The minimum Gasteiger partial charge on any atom is -0.477 e. The van der Waals surface area contributed by atoms with Gasteiger partial charge in [0.05, 0.1) is 34.5 Å². The van der Waals surface area contributed by atoms with Crippen molar-refractivity contribution in [1.82, 2.24) is 4.90 Å². The van der Waals surface area contributed by atoms with Crippen molar-refractivity contribution in [1.29, 1.82) is 0 Å². The lowest BCUT2D eigenvalue weighted by Gasteiger charge is -2.47. The van der Waals surface area contributed by atoms with Crippen molar-refractivity contribution < 1.29 is 52.9 Å². The van der Waals surface area contributed by atoms with Crippen LogP contribution in [-0.4, -0.2) is 80.3 Å². The number of thioether (sulfide) groups is 1. The quantitative estimate of drug-likeness (QED) is 0.197. The molecular formula is C16H26ClN4O8S+. The first-order valence-electron chi connectivity index (χ1n) is 8.86. The molecule has 0 saturated carbocycles. The summed E-state index contributed by atoms with van der Waals surface area (Å²) in [5.41, 5.74) is 11.7. The molecule has 0 aliphatic carbocycles. The summed E-state index contributed by atoms with van der Waals surface area (Å²) in [7, 11) is -4.69. The van der Waals surface area contributed by atoms with E-state index in [-0.39, 0.29) is 29.4 Å². The molecule has 2 atom stereocenters. The number of nitrogens with zero attached hydrogens (tertiary/aromatic N) is 2. The number of likely N-dealkylation sites (N-methyl/N-ethyl adjacent to an activating group) is 1. The Morgan fingerprint density at radius 1 is 1.33 bits per heavy atom. The maximum Gasteiger partial charge on any atom is 0.352 e. The third kappa shape index (κ3) is 6.92. The highest BCUT2D eigenvalue weighted by atomic mass is 35.7. The summed E-state index contributed by atoms with van der Waals surface area (Å²) >= 11 is 1.46. The average Bonchev–Trinajstić information content (AvgIpc) is 2.64. The zero-order valence-corrected chi connectivity index (χ0v) is 18.1. The molecule has 2 amide bonds. The topological polar surface area (TPSA) is 216 Å².